The molecular formula is C15H13N3O2. The molecule has 0 radical (unpaired) electrons. The molecule has 5 heteroatoms. The van der Waals surface area contributed by atoms with Crippen molar-refractivity contribution in [3.8, 4) is 11.5 Å². The first kappa shape index (κ1) is 11.2. The molecule has 1 unspecified atom stereocenters. The zero-order chi connectivity index (χ0) is 13.6. The lowest BCUT2D eigenvalue weighted by Crippen LogP contribution is -2.51. The maximum absolute atomic E-state index is 5.92. The smallest absolute Gasteiger partial charge is 0.151 e. The van der Waals surface area contributed by atoms with Crippen LogP contribution < -0.4 is 15.8 Å². The predicted molar refractivity (Wildman–Crippen MR) is 72.9 cm³/mol. The summed E-state index contributed by atoms with van der Waals surface area (Å²) in [4.78, 5) is 4.13. The van der Waals surface area contributed by atoms with Gasteiger partial charge in [-0.05, 0) is 12.1 Å². The van der Waals surface area contributed by atoms with Crippen molar-refractivity contribution in [2.24, 2.45) is 5.73 Å². The molecule has 2 aliphatic heterocycles. The standard InChI is InChI=1S/C15H13N3O2/c16-14-8-19-9-15(18-14)10-3-1-2-4-12(10)20-13-7-17-6-5-11(13)15/h1-8,18H,9,16H2. The minimum atomic E-state index is -0.536. The summed E-state index contributed by atoms with van der Waals surface area (Å²) in [5.41, 5.74) is 7.37. The highest BCUT2D eigenvalue weighted by atomic mass is 16.5. The number of hydrogen-bond acceptors (Lipinski definition) is 5. The Bertz CT molecular complexity index is 666. The number of rotatable bonds is 0. The minimum absolute atomic E-state index is 0.449. The van der Waals surface area contributed by atoms with Crippen molar-refractivity contribution < 1.29 is 9.47 Å². The van der Waals surface area contributed by atoms with Crippen molar-refractivity contribution in [2.45, 2.75) is 5.54 Å². The Morgan fingerprint density at radius 2 is 2.00 bits per heavy atom. The van der Waals surface area contributed by atoms with E-state index in [4.69, 9.17) is 15.2 Å². The molecule has 2 aromatic rings. The Balaban J connectivity index is 2.00. The fourth-order valence-electron chi connectivity index (χ4n) is 2.84. The average Bonchev–Trinajstić information content (AvgIpc) is 2.48. The number of aromatic nitrogens is 1. The normalized spacial score (nSPS) is 22.7. The van der Waals surface area contributed by atoms with E-state index in [1.807, 2.05) is 30.3 Å². The number of para-hydroxylation sites is 1. The van der Waals surface area contributed by atoms with E-state index in [9.17, 15) is 0 Å². The molecule has 0 aliphatic carbocycles. The number of nitrogens with one attached hydrogen (secondary N) is 1. The molecule has 0 amide bonds. The van der Waals surface area contributed by atoms with Gasteiger partial charge in [-0.15, -0.1) is 0 Å². The van der Waals surface area contributed by atoms with E-state index in [1.54, 1.807) is 12.4 Å². The summed E-state index contributed by atoms with van der Waals surface area (Å²) < 4.78 is 11.5. The zero-order valence-electron chi connectivity index (χ0n) is 10.7. The van der Waals surface area contributed by atoms with Crippen LogP contribution in [0.5, 0.6) is 11.5 Å². The summed E-state index contributed by atoms with van der Waals surface area (Å²) in [7, 11) is 0. The fourth-order valence-corrected chi connectivity index (χ4v) is 2.84. The van der Waals surface area contributed by atoms with Gasteiger partial charge in [0, 0.05) is 17.3 Å². The topological polar surface area (TPSA) is 69.4 Å². The van der Waals surface area contributed by atoms with E-state index in [2.05, 4.69) is 10.3 Å². The molecule has 20 heavy (non-hydrogen) atoms. The highest BCUT2D eigenvalue weighted by Gasteiger charge is 2.44. The van der Waals surface area contributed by atoms with E-state index in [-0.39, 0.29) is 0 Å². The molecular weight excluding hydrogens is 254 g/mol. The van der Waals surface area contributed by atoms with Gasteiger partial charge in [0.1, 0.15) is 30.0 Å². The molecule has 3 heterocycles. The molecule has 1 atom stereocenters. The zero-order valence-corrected chi connectivity index (χ0v) is 10.7. The summed E-state index contributed by atoms with van der Waals surface area (Å²) >= 11 is 0. The Morgan fingerprint density at radius 3 is 2.90 bits per heavy atom. The second kappa shape index (κ2) is 3.90. The third-order valence-corrected chi connectivity index (χ3v) is 3.68. The van der Waals surface area contributed by atoms with Crippen LogP contribution in [0.25, 0.3) is 0 Å². The molecule has 0 fully saturated rings. The highest BCUT2D eigenvalue weighted by Crippen LogP contribution is 2.47. The first-order chi connectivity index (χ1) is 9.79. The van der Waals surface area contributed by atoms with Gasteiger partial charge in [0.2, 0.25) is 0 Å². The Labute approximate surface area is 116 Å². The molecule has 3 N–H and O–H groups in total. The number of hydrogen-bond donors (Lipinski definition) is 2. The third-order valence-electron chi connectivity index (χ3n) is 3.68. The molecule has 0 saturated heterocycles. The molecule has 1 aromatic carbocycles. The van der Waals surface area contributed by atoms with Gasteiger partial charge in [0.15, 0.2) is 5.75 Å². The minimum Gasteiger partial charge on any atom is -0.494 e. The number of nitrogens with zero attached hydrogens (tertiary/aromatic N) is 1. The first-order valence-corrected chi connectivity index (χ1v) is 6.37. The van der Waals surface area contributed by atoms with Gasteiger partial charge in [-0.2, -0.15) is 0 Å². The molecule has 4 rings (SSSR count). The van der Waals surface area contributed by atoms with Gasteiger partial charge in [-0.25, -0.2) is 0 Å². The first-order valence-electron chi connectivity index (χ1n) is 6.37. The number of pyridine rings is 1. The van der Waals surface area contributed by atoms with E-state index >= 15 is 0 Å². The second-order valence-electron chi connectivity index (χ2n) is 4.88. The second-order valence-corrected chi connectivity index (χ2v) is 4.88. The third kappa shape index (κ3) is 1.40. The largest absolute Gasteiger partial charge is 0.494 e. The summed E-state index contributed by atoms with van der Waals surface area (Å²) in [6, 6.07) is 9.81. The quantitative estimate of drug-likeness (QED) is 0.762. The van der Waals surface area contributed by atoms with Crippen LogP contribution in [-0.4, -0.2) is 11.6 Å². The Hall–Kier alpha value is -2.69. The van der Waals surface area contributed by atoms with Crippen LogP contribution in [0.2, 0.25) is 0 Å². The lowest BCUT2D eigenvalue weighted by Gasteiger charge is -2.42. The Morgan fingerprint density at radius 1 is 1.15 bits per heavy atom. The Kier molecular flexibility index (Phi) is 2.18. The van der Waals surface area contributed by atoms with Crippen molar-refractivity contribution in [1.82, 2.24) is 10.3 Å². The molecule has 5 nitrogen and oxygen atoms in total. The number of benzene rings is 1. The van der Waals surface area contributed by atoms with E-state index in [0.29, 0.717) is 12.4 Å². The van der Waals surface area contributed by atoms with Crippen molar-refractivity contribution in [3.63, 3.8) is 0 Å². The predicted octanol–water partition coefficient (Wildman–Crippen LogP) is 1.81. The van der Waals surface area contributed by atoms with Gasteiger partial charge < -0.3 is 20.5 Å². The van der Waals surface area contributed by atoms with Crippen LogP contribution in [0.4, 0.5) is 0 Å². The summed E-state index contributed by atoms with van der Waals surface area (Å²) in [6.07, 6.45) is 4.99. The maximum Gasteiger partial charge on any atom is 0.151 e. The fraction of sp³-hybridized carbons (Fsp3) is 0.133. The summed E-state index contributed by atoms with van der Waals surface area (Å²) in [5, 5.41) is 3.35. The maximum atomic E-state index is 5.92. The van der Waals surface area contributed by atoms with Crippen molar-refractivity contribution in [3.05, 3.63) is 65.9 Å². The number of ether oxygens (including phenoxy) is 2. The molecule has 1 aromatic heterocycles. The van der Waals surface area contributed by atoms with E-state index in [0.717, 1.165) is 22.6 Å². The lowest BCUT2D eigenvalue weighted by molar-refractivity contribution is 0.137. The van der Waals surface area contributed by atoms with Gasteiger partial charge in [-0.3, -0.25) is 4.98 Å². The van der Waals surface area contributed by atoms with Crippen LogP contribution in [0.1, 0.15) is 11.1 Å². The van der Waals surface area contributed by atoms with E-state index < -0.39 is 5.54 Å². The van der Waals surface area contributed by atoms with Crippen LogP contribution in [-0.2, 0) is 10.3 Å². The van der Waals surface area contributed by atoms with Crippen molar-refractivity contribution >= 4 is 0 Å². The molecule has 0 saturated carbocycles. The van der Waals surface area contributed by atoms with Crippen LogP contribution in [0.3, 0.4) is 0 Å². The van der Waals surface area contributed by atoms with Crippen molar-refractivity contribution in [1.29, 1.82) is 0 Å². The number of fused-ring (bicyclic) bond motifs is 4. The summed E-state index contributed by atoms with van der Waals surface area (Å²) in [5.74, 6) is 2.01. The lowest BCUT2D eigenvalue weighted by atomic mass is 9.80. The number of nitrogens with two attached hydrogens (primary N) is 1. The highest BCUT2D eigenvalue weighted by molar-refractivity contribution is 5.57. The molecule has 1 spiro atoms. The summed E-state index contributed by atoms with van der Waals surface area (Å²) in [6.45, 7) is 0.449. The van der Waals surface area contributed by atoms with Gasteiger partial charge in [0.05, 0.1) is 6.20 Å². The SMILES string of the molecule is NC1=COCC2(N1)c1ccccc1Oc1cnccc12. The van der Waals surface area contributed by atoms with Gasteiger partial charge in [0.25, 0.3) is 0 Å². The van der Waals surface area contributed by atoms with Crippen LogP contribution >= 0.6 is 0 Å². The van der Waals surface area contributed by atoms with Crippen molar-refractivity contribution in [2.75, 3.05) is 6.61 Å². The monoisotopic (exact) mass is 267 g/mol. The van der Waals surface area contributed by atoms with Gasteiger partial charge in [-0.1, -0.05) is 18.2 Å². The van der Waals surface area contributed by atoms with E-state index in [1.165, 1.54) is 6.26 Å². The van der Waals surface area contributed by atoms with Gasteiger partial charge >= 0.3 is 0 Å². The molecule has 100 valence electrons. The average molecular weight is 267 g/mol. The van der Waals surface area contributed by atoms with Crippen LogP contribution in [0, 0.1) is 0 Å². The molecule has 2 aliphatic rings. The van der Waals surface area contributed by atoms with Crippen LogP contribution in [0.15, 0.2) is 54.8 Å². The molecule has 0 bridgehead atoms.